The van der Waals surface area contributed by atoms with Crippen molar-refractivity contribution in [2.24, 2.45) is 7.05 Å². The highest BCUT2D eigenvalue weighted by molar-refractivity contribution is 9.10. The molecule has 0 aliphatic carbocycles. The van der Waals surface area contributed by atoms with Gasteiger partial charge in [-0.3, -0.25) is 9.36 Å². The zero-order valence-electron chi connectivity index (χ0n) is 11.7. The molecule has 0 unspecified atom stereocenters. The van der Waals surface area contributed by atoms with E-state index < -0.39 is 0 Å². The van der Waals surface area contributed by atoms with Crippen LogP contribution in [0.4, 0.5) is 0 Å². The minimum absolute atomic E-state index is 0.504. The van der Waals surface area contributed by atoms with E-state index in [1.807, 2.05) is 23.3 Å². The maximum absolute atomic E-state index is 5.96. The Balaban J connectivity index is 2.39. The molecule has 104 valence electrons. The molecule has 0 atom stereocenters. The summed E-state index contributed by atoms with van der Waals surface area (Å²) < 4.78 is 4.99. The SMILES string of the molecule is CCc1nn(C)c(Cn2nc(C)c(CCl)c2C)c1Br. The third-order valence-corrected chi connectivity index (χ3v) is 4.65. The molecular weight excluding hydrogens is 328 g/mol. The Kier molecular flexibility index (Phi) is 4.36. The Morgan fingerprint density at radius 3 is 2.42 bits per heavy atom. The largest absolute Gasteiger partial charge is 0.269 e. The highest BCUT2D eigenvalue weighted by Crippen LogP contribution is 2.24. The highest BCUT2D eigenvalue weighted by atomic mass is 79.9. The zero-order valence-corrected chi connectivity index (χ0v) is 14.0. The van der Waals surface area contributed by atoms with Crippen LogP contribution in [0, 0.1) is 13.8 Å². The number of alkyl halides is 1. The second-order valence-corrected chi connectivity index (χ2v) is 5.69. The van der Waals surface area contributed by atoms with Crippen LogP contribution < -0.4 is 0 Å². The van der Waals surface area contributed by atoms with Crippen molar-refractivity contribution in [3.05, 3.63) is 32.8 Å². The van der Waals surface area contributed by atoms with Crippen LogP contribution in [0.15, 0.2) is 4.47 Å². The van der Waals surface area contributed by atoms with Gasteiger partial charge in [0.1, 0.15) is 0 Å². The summed E-state index contributed by atoms with van der Waals surface area (Å²) in [6, 6.07) is 0. The van der Waals surface area contributed by atoms with E-state index in [1.165, 1.54) is 0 Å². The van der Waals surface area contributed by atoms with Crippen LogP contribution in [-0.4, -0.2) is 19.6 Å². The van der Waals surface area contributed by atoms with Crippen molar-refractivity contribution in [3.63, 3.8) is 0 Å². The van der Waals surface area contributed by atoms with Gasteiger partial charge in [-0.25, -0.2) is 0 Å². The highest BCUT2D eigenvalue weighted by Gasteiger charge is 2.16. The minimum atomic E-state index is 0.504. The molecule has 19 heavy (non-hydrogen) atoms. The first kappa shape index (κ1) is 14.6. The number of rotatable bonds is 4. The molecule has 0 N–H and O–H groups in total. The second-order valence-electron chi connectivity index (χ2n) is 4.63. The van der Waals surface area contributed by atoms with Gasteiger partial charge < -0.3 is 0 Å². The lowest BCUT2D eigenvalue weighted by molar-refractivity contribution is 0.601. The monoisotopic (exact) mass is 344 g/mol. The molecule has 2 aromatic rings. The van der Waals surface area contributed by atoms with Crippen LogP contribution in [0.1, 0.15) is 35.3 Å². The smallest absolute Gasteiger partial charge is 0.0842 e. The molecule has 0 fully saturated rings. The number of nitrogens with zero attached hydrogens (tertiary/aromatic N) is 4. The third kappa shape index (κ3) is 2.58. The Labute approximate surface area is 126 Å². The van der Waals surface area contributed by atoms with Crippen LogP contribution in [0.2, 0.25) is 0 Å². The van der Waals surface area contributed by atoms with Gasteiger partial charge in [0, 0.05) is 18.3 Å². The average molecular weight is 346 g/mol. The number of halogens is 2. The van der Waals surface area contributed by atoms with Gasteiger partial charge >= 0.3 is 0 Å². The third-order valence-electron chi connectivity index (χ3n) is 3.47. The summed E-state index contributed by atoms with van der Waals surface area (Å²) in [4.78, 5) is 0. The maximum Gasteiger partial charge on any atom is 0.0842 e. The van der Waals surface area contributed by atoms with Crippen molar-refractivity contribution in [2.45, 2.75) is 39.6 Å². The molecule has 0 bridgehead atoms. The van der Waals surface area contributed by atoms with Crippen LogP contribution in [0.25, 0.3) is 0 Å². The summed E-state index contributed by atoms with van der Waals surface area (Å²) in [5.74, 6) is 0.504. The summed E-state index contributed by atoms with van der Waals surface area (Å²) >= 11 is 9.60. The van der Waals surface area contributed by atoms with Gasteiger partial charge in [0.15, 0.2) is 0 Å². The topological polar surface area (TPSA) is 35.6 Å². The Hall–Kier alpha value is -0.810. The lowest BCUT2D eigenvalue weighted by atomic mass is 10.2. The summed E-state index contributed by atoms with van der Waals surface area (Å²) in [6.07, 6.45) is 0.915. The minimum Gasteiger partial charge on any atom is -0.269 e. The van der Waals surface area contributed by atoms with E-state index in [1.54, 1.807) is 0 Å². The van der Waals surface area contributed by atoms with Crippen LogP contribution in [0.5, 0.6) is 0 Å². The maximum atomic E-state index is 5.96. The molecule has 0 saturated heterocycles. The van der Waals surface area contributed by atoms with Crippen LogP contribution >= 0.6 is 27.5 Å². The fraction of sp³-hybridized carbons (Fsp3) is 0.538. The molecule has 4 nitrogen and oxygen atoms in total. The van der Waals surface area contributed by atoms with Crippen LogP contribution in [-0.2, 0) is 25.9 Å². The first-order valence-electron chi connectivity index (χ1n) is 6.28. The van der Waals surface area contributed by atoms with Gasteiger partial charge in [0.05, 0.1) is 34.0 Å². The first-order valence-corrected chi connectivity index (χ1v) is 7.61. The number of aryl methyl sites for hydroxylation is 3. The van der Waals surface area contributed by atoms with Gasteiger partial charge in [-0.05, 0) is 36.2 Å². The molecule has 0 aliphatic rings. The quantitative estimate of drug-likeness (QED) is 0.797. The molecule has 2 aromatic heterocycles. The fourth-order valence-electron chi connectivity index (χ4n) is 2.21. The lowest BCUT2D eigenvalue weighted by Gasteiger charge is -2.06. The summed E-state index contributed by atoms with van der Waals surface area (Å²) in [7, 11) is 1.97. The number of hydrogen-bond donors (Lipinski definition) is 0. The summed E-state index contributed by atoms with van der Waals surface area (Å²) in [5, 5.41) is 9.07. The molecule has 0 spiro atoms. The van der Waals surface area contributed by atoms with Crippen molar-refractivity contribution in [1.29, 1.82) is 0 Å². The van der Waals surface area contributed by atoms with Crippen LogP contribution in [0.3, 0.4) is 0 Å². The van der Waals surface area contributed by atoms with Crippen molar-refractivity contribution in [3.8, 4) is 0 Å². The van der Waals surface area contributed by atoms with E-state index in [0.717, 1.165) is 39.2 Å². The van der Waals surface area contributed by atoms with E-state index in [4.69, 9.17) is 11.6 Å². The Morgan fingerprint density at radius 2 is 1.95 bits per heavy atom. The second kappa shape index (κ2) is 5.67. The first-order chi connectivity index (χ1) is 8.99. The molecule has 0 aromatic carbocycles. The fourth-order valence-corrected chi connectivity index (χ4v) is 3.34. The van der Waals surface area contributed by atoms with Gasteiger partial charge in [0.2, 0.25) is 0 Å². The van der Waals surface area contributed by atoms with Gasteiger partial charge in [-0.1, -0.05) is 6.92 Å². The van der Waals surface area contributed by atoms with E-state index in [9.17, 15) is 0 Å². The predicted octanol–water partition coefficient (Wildman–Crippen LogP) is 3.35. The molecule has 6 heteroatoms. The molecule has 0 saturated carbocycles. The molecule has 2 heterocycles. The van der Waals surface area contributed by atoms with Crippen molar-refractivity contribution >= 4 is 27.5 Å². The van der Waals surface area contributed by atoms with Crippen molar-refractivity contribution in [2.75, 3.05) is 0 Å². The Bertz CT molecular complexity index is 600. The molecular formula is C13H18BrClN4. The van der Waals surface area contributed by atoms with Crippen molar-refractivity contribution < 1.29 is 0 Å². The number of aromatic nitrogens is 4. The predicted molar refractivity (Wildman–Crippen MR) is 80.6 cm³/mol. The summed E-state index contributed by atoms with van der Waals surface area (Å²) in [6.45, 7) is 6.86. The van der Waals surface area contributed by atoms with E-state index in [0.29, 0.717) is 12.4 Å². The zero-order chi connectivity index (χ0) is 14.2. The van der Waals surface area contributed by atoms with Gasteiger partial charge in [-0.15, -0.1) is 11.6 Å². The van der Waals surface area contributed by atoms with E-state index >= 15 is 0 Å². The molecule has 2 rings (SSSR count). The Morgan fingerprint density at radius 1 is 1.26 bits per heavy atom. The summed E-state index contributed by atoms with van der Waals surface area (Å²) in [5.41, 5.74) is 5.45. The molecule has 0 radical (unpaired) electrons. The lowest BCUT2D eigenvalue weighted by Crippen LogP contribution is -2.09. The molecule has 0 amide bonds. The average Bonchev–Trinajstić information content (AvgIpc) is 2.80. The standard InChI is InChI=1S/C13H18BrClN4/c1-5-11-13(14)12(18(4)17-11)7-19-9(3)10(6-15)8(2)16-19/h5-7H2,1-4H3. The van der Waals surface area contributed by atoms with Crippen molar-refractivity contribution in [1.82, 2.24) is 19.6 Å². The number of hydrogen-bond acceptors (Lipinski definition) is 2. The van der Waals surface area contributed by atoms with E-state index in [-0.39, 0.29) is 0 Å². The van der Waals surface area contributed by atoms with E-state index in [2.05, 4.69) is 40.0 Å². The van der Waals surface area contributed by atoms with Gasteiger partial charge in [0.25, 0.3) is 0 Å². The normalized spacial score (nSPS) is 11.3. The van der Waals surface area contributed by atoms with Gasteiger partial charge in [-0.2, -0.15) is 10.2 Å². The molecule has 0 aliphatic heterocycles.